The largest absolute Gasteiger partial charge is 0.433 e. The average molecular weight is 407 g/mol. The number of carbonyl (C=O) groups excluding carboxylic acids is 1. The predicted octanol–water partition coefficient (Wildman–Crippen LogP) is 1.80. The zero-order valence-electron chi connectivity index (χ0n) is 15.1. The van der Waals surface area contributed by atoms with Crippen molar-refractivity contribution in [2.45, 2.75) is 19.0 Å². The molecule has 1 amide bonds. The molecular formula is C18H16F3N5O3. The summed E-state index contributed by atoms with van der Waals surface area (Å²) in [5.74, 6) is -0.957. The van der Waals surface area contributed by atoms with Crippen LogP contribution in [0.5, 0.6) is 0 Å². The number of aromatic nitrogens is 4. The Morgan fingerprint density at radius 3 is 2.59 bits per heavy atom. The van der Waals surface area contributed by atoms with E-state index in [0.29, 0.717) is 5.69 Å². The lowest BCUT2D eigenvalue weighted by Crippen LogP contribution is -2.47. The van der Waals surface area contributed by atoms with Crippen molar-refractivity contribution in [2.24, 2.45) is 7.05 Å². The number of nitrogens with zero attached hydrogens (tertiary/aromatic N) is 4. The second-order valence-electron chi connectivity index (χ2n) is 6.02. The van der Waals surface area contributed by atoms with Gasteiger partial charge in [0.05, 0.1) is 19.0 Å². The average Bonchev–Trinajstić information content (AvgIpc) is 3.12. The van der Waals surface area contributed by atoms with E-state index in [9.17, 15) is 22.8 Å². The Kier molecular flexibility index (Phi) is 5.78. The van der Waals surface area contributed by atoms with Gasteiger partial charge in [-0.3, -0.25) is 14.3 Å². The van der Waals surface area contributed by atoms with Gasteiger partial charge in [-0.05, 0) is 12.1 Å². The number of halogens is 3. The Morgan fingerprint density at radius 2 is 1.97 bits per heavy atom. The predicted molar refractivity (Wildman–Crippen MR) is 95.1 cm³/mol. The number of rotatable bonds is 6. The van der Waals surface area contributed by atoms with E-state index < -0.39 is 30.3 Å². The zero-order chi connectivity index (χ0) is 21.0. The van der Waals surface area contributed by atoms with Crippen molar-refractivity contribution >= 4 is 5.91 Å². The molecule has 152 valence electrons. The molecule has 11 heteroatoms. The van der Waals surface area contributed by atoms with E-state index in [0.717, 1.165) is 6.07 Å². The third-order valence-electron chi connectivity index (χ3n) is 3.82. The molecule has 3 aromatic rings. The van der Waals surface area contributed by atoms with Crippen molar-refractivity contribution in [1.29, 1.82) is 0 Å². The Labute approximate surface area is 162 Å². The second-order valence-corrected chi connectivity index (χ2v) is 6.02. The summed E-state index contributed by atoms with van der Waals surface area (Å²) in [7, 11) is 1.68. The fourth-order valence-electron chi connectivity index (χ4n) is 2.39. The van der Waals surface area contributed by atoms with Crippen LogP contribution in [0.2, 0.25) is 0 Å². The van der Waals surface area contributed by atoms with Crippen LogP contribution in [0.25, 0.3) is 5.69 Å². The van der Waals surface area contributed by atoms with E-state index in [1.54, 1.807) is 24.6 Å². The van der Waals surface area contributed by atoms with Crippen molar-refractivity contribution in [3.8, 4) is 5.69 Å². The van der Waals surface area contributed by atoms with Crippen LogP contribution in [0.3, 0.4) is 0 Å². The van der Waals surface area contributed by atoms with E-state index in [1.165, 1.54) is 46.0 Å². The minimum absolute atomic E-state index is 0.0436. The molecule has 1 unspecified atom stereocenters. The Bertz CT molecular complexity index is 1050. The Morgan fingerprint density at radius 1 is 1.24 bits per heavy atom. The number of alkyl halides is 3. The zero-order valence-corrected chi connectivity index (χ0v) is 15.1. The molecule has 2 heterocycles. The van der Waals surface area contributed by atoms with Gasteiger partial charge in [-0.1, -0.05) is 18.2 Å². The molecule has 0 radical (unpaired) electrons. The van der Waals surface area contributed by atoms with Crippen molar-refractivity contribution in [3.05, 3.63) is 76.5 Å². The van der Waals surface area contributed by atoms with Crippen molar-refractivity contribution in [3.63, 3.8) is 0 Å². The normalized spacial score (nSPS) is 12.6. The molecular weight excluding hydrogens is 391 g/mol. The minimum atomic E-state index is -4.89. The maximum Gasteiger partial charge on any atom is 0.433 e. The van der Waals surface area contributed by atoms with Gasteiger partial charge in [0, 0.05) is 24.9 Å². The molecule has 0 aliphatic rings. The first-order chi connectivity index (χ1) is 13.7. The van der Waals surface area contributed by atoms with E-state index in [2.05, 4.69) is 10.2 Å². The third-order valence-corrected chi connectivity index (χ3v) is 3.82. The smallest absolute Gasteiger partial charge is 0.343 e. The molecule has 1 aromatic carbocycles. The van der Waals surface area contributed by atoms with Gasteiger partial charge in [0.25, 0.3) is 5.91 Å². The SMILES string of the molecule is Cn1cc(-n2ccc(=O)c(COC(NC(=O)c3ccccc3)C(F)(F)F)n2)cn1. The standard InChI is InChI=1S/C18H16F3N5O3/c1-25-10-13(9-22-25)26-8-7-15(27)14(24-26)11-29-17(18(19,20)21)23-16(28)12-5-3-2-4-6-12/h2-10,17H,11H2,1H3,(H,23,28). The maximum atomic E-state index is 13.3. The third kappa shape index (κ3) is 5.08. The summed E-state index contributed by atoms with van der Waals surface area (Å²) in [5, 5.41) is 9.73. The molecule has 0 spiro atoms. The Hall–Kier alpha value is -3.47. The fourth-order valence-corrected chi connectivity index (χ4v) is 2.39. The van der Waals surface area contributed by atoms with Crippen LogP contribution in [0.1, 0.15) is 16.1 Å². The van der Waals surface area contributed by atoms with Gasteiger partial charge < -0.3 is 10.1 Å². The first-order valence-electron chi connectivity index (χ1n) is 8.36. The van der Waals surface area contributed by atoms with E-state index in [1.807, 2.05) is 0 Å². The molecule has 0 aliphatic heterocycles. The van der Waals surface area contributed by atoms with Crippen LogP contribution in [-0.2, 0) is 18.4 Å². The van der Waals surface area contributed by atoms with Gasteiger partial charge in [-0.15, -0.1) is 0 Å². The van der Waals surface area contributed by atoms with Crippen LogP contribution in [-0.4, -0.2) is 37.9 Å². The molecule has 8 nitrogen and oxygen atoms in total. The van der Waals surface area contributed by atoms with Crippen LogP contribution < -0.4 is 10.7 Å². The fraction of sp³-hybridized carbons (Fsp3) is 0.222. The lowest BCUT2D eigenvalue weighted by atomic mass is 10.2. The highest BCUT2D eigenvalue weighted by atomic mass is 19.4. The number of benzene rings is 1. The highest BCUT2D eigenvalue weighted by molar-refractivity contribution is 5.94. The summed E-state index contributed by atoms with van der Waals surface area (Å²) < 4.78 is 47.5. The van der Waals surface area contributed by atoms with Gasteiger partial charge in [0.15, 0.2) is 0 Å². The molecule has 2 aromatic heterocycles. The number of hydrogen-bond donors (Lipinski definition) is 1. The number of amides is 1. The van der Waals surface area contributed by atoms with Crippen molar-refractivity contribution < 1.29 is 22.7 Å². The Balaban J connectivity index is 1.76. The van der Waals surface area contributed by atoms with Gasteiger partial charge in [-0.2, -0.15) is 23.4 Å². The molecule has 1 atom stereocenters. The summed E-state index contributed by atoms with van der Waals surface area (Å²) >= 11 is 0. The van der Waals surface area contributed by atoms with E-state index in [-0.39, 0.29) is 11.3 Å². The summed E-state index contributed by atoms with van der Waals surface area (Å²) in [5.41, 5.74) is -0.291. The lowest BCUT2D eigenvalue weighted by Gasteiger charge is -2.21. The first kappa shape index (κ1) is 20.3. The number of aryl methyl sites for hydroxylation is 1. The van der Waals surface area contributed by atoms with Gasteiger partial charge >= 0.3 is 6.18 Å². The molecule has 0 saturated heterocycles. The van der Waals surface area contributed by atoms with Gasteiger partial charge in [0.2, 0.25) is 11.7 Å². The number of nitrogens with one attached hydrogen (secondary N) is 1. The topological polar surface area (TPSA) is 91.0 Å². The van der Waals surface area contributed by atoms with Gasteiger partial charge in [-0.25, -0.2) is 4.68 Å². The minimum Gasteiger partial charge on any atom is -0.343 e. The maximum absolute atomic E-state index is 13.3. The van der Waals surface area contributed by atoms with Crippen LogP contribution in [0, 0.1) is 0 Å². The van der Waals surface area contributed by atoms with Gasteiger partial charge in [0.1, 0.15) is 11.4 Å². The van der Waals surface area contributed by atoms with Crippen LogP contribution in [0.15, 0.2) is 59.8 Å². The van der Waals surface area contributed by atoms with Crippen molar-refractivity contribution in [1.82, 2.24) is 24.9 Å². The summed E-state index contributed by atoms with van der Waals surface area (Å²) in [6, 6.07) is 8.56. The number of carbonyl (C=O) groups is 1. The number of ether oxygens (including phenoxy) is 1. The summed E-state index contributed by atoms with van der Waals surface area (Å²) in [6.07, 6.45) is -3.05. The molecule has 0 saturated carbocycles. The second kappa shape index (κ2) is 8.27. The molecule has 0 bridgehead atoms. The van der Waals surface area contributed by atoms with E-state index in [4.69, 9.17) is 4.74 Å². The highest BCUT2D eigenvalue weighted by Crippen LogP contribution is 2.22. The lowest BCUT2D eigenvalue weighted by molar-refractivity contribution is -0.230. The monoisotopic (exact) mass is 407 g/mol. The highest BCUT2D eigenvalue weighted by Gasteiger charge is 2.42. The molecule has 29 heavy (non-hydrogen) atoms. The van der Waals surface area contributed by atoms with Crippen LogP contribution in [0.4, 0.5) is 13.2 Å². The molecule has 3 rings (SSSR count). The van der Waals surface area contributed by atoms with Crippen LogP contribution >= 0.6 is 0 Å². The van der Waals surface area contributed by atoms with Crippen molar-refractivity contribution in [2.75, 3.05) is 0 Å². The molecule has 0 aliphatic carbocycles. The van der Waals surface area contributed by atoms with E-state index >= 15 is 0 Å². The number of hydrogen-bond acceptors (Lipinski definition) is 5. The molecule has 0 fully saturated rings. The molecule has 1 N–H and O–H groups in total. The summed E-state index contributed by atoms with van der Waals surface area (Å²) in [6.45, 7) is -0.751. The quantitative estimate of drug-likeness (QED) is 0.630. The first-order valence-corrected chi connectivity index (χ1v) is 8.36. The summed E-state index contributed by atoms with van der Waals surface area (Å²) in [4.78, 5) is 24.0.